The van der Waals surface area contributed by atoms with Gasteiger partial charge in [0.25, 0.3) is 5.91 Å². The van der Waals surface area contributed by atoms with Gasteiger partial charge in [-0.15, -0.1) is 0 Å². The zero-order chi connectivity index (χ0) is 9.84. The largest absolute Gasteiger partial charge is 0.355 e. The summed E-state index contributed by atoms with van der Waals surface area (Å²) in [6, 6.07) is 4.35. The Bertz CT molecular complexity index is 347. The van der Waals surface area contributed by atoms with Crippen LogP contribution in [0.1, 0.15) is 15.9 Å². The molecule has 1 amide bonds. The smallest absolute Gasteiger partial charge is 0.253 e. The summed E-state index contributed by atoms with van der Waals surface area (Å²) in [5.41, 5.74) is 0.707. The normalized spacial score (nSPS) is 9.38. The van der Waals surface area contributed by atoms with Crippen molar-refractivity contribution >= 4 is 12.0 Å². The highest BCUT2D eigenvalue weighted by atomic mass is 19.1. The van der Waals surface area contributed by atoms with Crippen LogP contribution in [0.3, 0.4) is 0 Å². The van der Waals surface area contributed by atoms with Gasteiger partial charge in [-0.25, -0.2) is 4.39 Å². The van der Waals surface area contributed by atoms with Crippen molar-refractivity contribution in [3.63, 3.8) is 0 Å². The molecule has 13 heavy (non-hydrogen) atoms. The summed E-state index contributed by atoms with van der Waals surface area (Å²) in [5, 5.41) is 2.35. The molecule has 1 aromatic carbocycles. The molecule has 0 aliphatic rings. The van der Waals surface area contributed by atoms with Crippen LogP contribution < -0.4 is 5.32 Å². The van der Waals surface area contributed by atoms with E-state index in [4.69, 9.17) is 0 Å². The van der Waals surface area contributed by atoms with E-state index in [0.717, 1.165) is 0 Å². The fourth-order valence-corrected chi connectivity index (χ4v) is 0.977. The van der Waals surface area contributed by atoms with Gasteiger partial charge in [0, 0.05) is 7.05 Å². The number of nitrogens with one attached hydrogen (secondary N) is 1. The molecule has 0 atom stereocenters. The van der Waals surface area contributed by atoms with Crippen LogP contribution in [0.4, 0.5) is 4.39 Å². The third kappa shape index (κ3) is 1.93. The summed E-state index contributed by atoms with van der Waals surface area (Å²) in [6.07, 6.45) is 1.52. The Labute approximate surface area is 76.1 Å². The Morgan fingerprint density at radius 2 is 2.31 bits per heavy atom. The average molecular weight is 179 g/mol. The molecule has 0 aromatic heterocycles. The van der Waals surface area contributed by atoms with Gasteiger partial charge in [-0.2, -0.15) is 0 Å². The molecule has 0 fully saturated rings. The number of benzene rings is 1. The Morgan fingerprint density at radius 3 is 2.77 bits per heavy atom. The highest BCUT2D eigenvalue weighted by molar-refractivity contribution is 5.94. The highest BCUT2D eigenvalue weighted by Gasteiger charge is 2.08. The van der Waals surface area contributed by atoms with Crippen LogP contribution >= 0.6 is 0 Å². The first-order valence-electron chi connectivity index (χ1n) is 3.83. The summed E-state index contributed by atoms with van der Waals surface area (Å²) in [5.74, 6) is -0.954. The monoisotopic (exact) mass is 179 g/mol. The van der Waals surface area contributed by atoms with Gasteiger partial charge in [-0.3, -0.25) is 4.79 Å². The summed E-state index contributed by atoms with van der Waals surface area (Å²) >= 11 is 0. The minimum Gasteiger partial charge on any atom is -0.355 e. The molecular formula is C10H10FNO. The van der Waals surface area contributed by atoms with Crippen LogP contribution in [0, 0.1) is 5.82 Å². The SMILES string of the molecule is C=Cc1ccc(C(=O)NC)c(F)c1. The fraction of sp³-hybridized carbons (Fsp3) is 0.100. The summed E-state index contributed by atoms with van der Waals surface area (Å²) < 4.78 is 13.2. The Balaban J connectivity index is 3.12. The quantitative estimate of drug-likeness (QED) is 0.737. The average Bonchev–Trinajstić information content (AvgIpc) is 2.16. The second-order valence-electron chi connectivity index (χ2n) is 2.52. The van der Waals surface area contributed by atoms with Crippen molar-refractivity contribution in [3.05, 3.63) is 41.7 Å². The molecule has 2 nitrogen and oxygen atoms in total. The number of carbonyl (C=O) groups excluding carboxylic acids is 1. The maximum atomic E-state index is 13.2. The lowest BCUT2D eigenvalue weighted by Crippen LogP contribution is -2.19. The lowest BCUT2D eigenvalue weighted by Gasteiger charge is -2.01. The van der Waals surface area contributed by atoms with Crippen LogP contribution in [0.15, 0.2) is 24.8 Å². The van der Waals surface area contributed by atoms with Crippen molar-refractivity contribution in [1.82, 2.24) is 5.32 Å². The van der Waals surface area contributed by atoms with Gasteiger partial charge in [0.05, 0.1) is 5.56 Å². The predicted molar refractivity (Wildman–Crippen MR) is 49.9 cm³/mol. The molecule has 68 valence electrons. The lowest BCUT2D eigenvalue weighted by atomic mass is 10.1. The molecule has 0 unspecified atom stereocenters. The molecule has 1 N–H and O–H groups in total. The van der Waals surface area contributed by atoms with Gasteiger partial charge < -0.3 is 5.32 Å². The molecule has 0 aliphatic heterocycles. The topological polar surface area (TPSA) is 29.1 Å². The molecule has 0 heterocycles. The maximum absolute atomic E-state index is 13.2. The van der Waals surface area contributed by atoms with Gasteiger partial charge >= 0.3 is 0 Å². The summed E-state index contributed by atoms with van der Waals surface area (Å²) in [6.45, 7) is 3.50. The van der Waals surface area contributed by atoms with Crippen molar-refractivity contribution in [2.45, 2.75) is 0 Å². The van der Waals surface area contributed by atoms with Crippen molar-refractivity contribution < 1.29 is 9.18 Å². The number of hydrogen-bond acceptors (Lipinski definition) is 1. The van der Waals surface area contributed by atoms with E-state index in [2.05, 4.69) is 11.9 Å². The Kier molecular flexibility index (Phi) is 2.80. The first-order chi connectivity index (χ1) is 6.19. The fourth-order valence-electron chi connectivity index (χ4n) is 0.977. The number of hydrogen-bond donors (Lipinski definition) is 1. The minimum absolute atomic E-state index is 0.0492. The van der Waals surface area contributed by atoms with Crippen molar-refractivity contribution in [2.75, 3.05) is 7.05 Å². The molecule has 0 saturated heterocycles. The van der Waals surface area contributed by atoms with Crippen LogP contribution in [0.2, 0.25) is 0 Å². The van der Waals surface area contributed by atoms with Crippen LogP contribution in [-0.2, 0) is 0 Å². The van der Waals surface area contributed by atoms with Crippen molar-refractivity contribution in [2.24, 2.45) is 0 Å². The lowest BCUT2D eigenvalue weighted by molar-refractivity contribution is 0.0959. The number of amides is 1. The molecular weight excluding hydrogens is 169 g/mol. The van der Waals surface area contributed by atoms with Gasteiger partial charge in [0.2, 0.25) is 0 Å². The van der Waals surface area contributed by atoms with Gasteiger partial charge in [-0.1, -0.05) is 18.7 Å². The van der Waals surface area contributed by atoms with Gasteiger partial charge in [-0.05, 0) is 17.7 Å². The third-order valence-electron chi connectivity index (χ3n) is 1.70. The standard InChI is InChI=1S/C10H10FNO/c1-3-7-4-5-8(9(11)6-7)10(13)12-2/h3-6H,1H2,2H3,(H,12,13). The van der Waals surface area contributed by atoms with E-state index in [1.807, 2.05) is 0 Å². The molecule has 0 aliphatic carbocycles. The van der Waals surface area contributed by atoms with Gasteiger partial charge in [0.1, 0.15) is 5.82 Å². The Hall–Kier alpha value is -1.64. The van der Waals surface area contributed by atoms with E-state index in [0.29, 0.717) is 5.56 Å². The number of halogens is 1. The van der Waals surface area contributed by atoms with E-state index < -0.39 is 11.7 Å². The third-order valence-corrected chi connectivity index (χ3v) is 1.70. The van der Waals surface area contributed by atoms with Crippen LogP contribution in [-0.4, -0.2) is 13.0 Å². The van der Waals surface area contributed by atoms with Gasteiger partial charge in [0.15, 0.2) is 0 Å². The Morgan fingerprint density at radius 1 is 1.62 bits per heavy atom. The molecule has 0 spiro atoms. The number of carbonyl (C=O) groups is 1. The number of rotatable bonds is 2. The molecule has 1 rings (SSSR count). The zero-order valence-electron chi connectivity index (χ0n) is 7.30. The van der Waals surface area contributed by atoms with E-state index in [1.165, 1.54) is 25.3 Å². The van der Waals surface area contributed by atoms with E-state index in [1.54, 1.807) is 6.07 Å². The minimum atomic E-state index is -0.531. The second kappa shape index (κ2) is 3.85. The van der Waals surface area contributed by atoms with E-state index in [9.17, 15) is 9.18 Å². The van der Waals surface area contributed by atoms with Crippen molar-refractivity contribution in [3.8, 4) is 0 Å². The van der Waals surface area contributed by atoms with Crippen LogP contribution in [0.25, 0.3) is 6.08 Å². The van der Waals surface area contributed by atoms with Crippen molar-refractivity contribution in [1.29, 1.82) is 0 Å². The first-order valence-corrected chi connectivity index (χ1v) is 3.83. The molecule has 0 bridgehead atoms. The first kappa shape index (κ1) is 9.45. The maximum Gasteiger partial charge on any atom is 0.253 e. The summed E-state index contributed by atoms with van der Waals surface area (Å²) in [4.78, 5) is 11.1. The highest BCUT2D eigenvalue weighted by Crippen LogP contribution is 2.10. The van der Waals surface area contributed by atoms with Crippen LogP contribution in [0.5, 0.6) is 0 Å². The summed E-state index contributed by atoms with van der Waals surface area (Å²) in [7, 11) is 1.46. The second-order valence-corrected chi connectivity index (χ2v) is 2.52. The zero-order valence-corrected chi connectivity index (χ0v) is 7.30. The molecule has 3 heteroatoms. The van der Waals surface area contributed by atoms with E-state index >= 15 is 0 Å². The molecule has 0 radical (unpaired) electrons. The molecule has 0 saturated carbocycles. The van der Waals surface area contributed by atoms with E-state index in [-0.39, 0.29) is 5.56 Å². The molecule has 1 aromatic rings. The predicted octanol–water partition coefficient (Wildman–Crippen LogP) is 1.83.